The van der Waals surface area contributed by atoms with Crippen LogP contribution in [0.15, 0.2) is 12.1 Å². The second-order valence-corrected chi connectivity index (χ2v) is 3.25. The Bertz CT molecular complexity index is 308. The highest BCUT2D eigenvalue weighted by atomic mass is 35.5. The summed E-state index contributed by atoms with van der Waals surface area (Å²) in [6.07, 6.45) is -1.47. The Balaban J connectivity index is 3.07. The smallest absolute Gasteiger partial charge is 0.133 e. The van der Waals surface area contributed by atoms with Gasteiger partial charge >= 0.3 is 0 Å². The van der Waals surface area contributed by atoms with Gasteiger partial charge in [-0.1, -0.05) is 11.6 Å². The van der Waals surface area contributed by atoms with Gasteiger partial charge in [0.25, 0.3) is 0 Å². The second kappa shape index (κ2) is 4.68. The number of aliphatic hydroxyl groups excluding tert-OH is 2. The summed E-state index contributed by atoms with van der Waals surface area (Å²) in [6, 6.07) is 1.83. The van der Waals surface area contributed by atoms with Crippen LogP contribution in [0.1, 0.15) is 18.1 Å². The molecule has 78 valence electrons. The Morgan fingerprint density at radius 1 is 1.29 bits per heavy atom. The highest BCUT2D eigenvalue weighted by molar-refractivity contribution is 6.30. The van der Waals surface area contributed by atoms with Crippen LogP contribution in [0.5, 0.6) is 0 Å². The molecule has 0 saturated carbocycles. The molecule has 0 saturated heterocycles. The SMILES string of the molecule is OCCC(O)c1c(F)cc(Cl)cc1F. The third-order valence-corrected chi connectivity index (χ3v) is 2.00. The molecule has 0 aliphatic carbocycles. The Morgan fingerprint density at radius 2 is 1.79 bits per heavy atom. The molecular weight excluding hydrogens is 214 g/mol. The van der Waals surface area contributed by atoms with Gasteiger partial charge in [-0.3, -0.25) is 0 Å². The van der Waals surface area contributed by atoms with Crippen LogP contribution in [-0.2, 0) is 0 Å². The van der Waals surface area contributed by atoms with Crippen molar-refractivity contribution in [1.82, 2.24) is 0 Å². The summed E-state index contributed by atoms with van der Waals surface area (Å²) in [5, 5.41) is 17.7. The van der Waals surface area contributed by atoms with Crippen LogP contribution in [0.3, 0.4) is 0 Å². The normalized spacial score (nSPS) is 12.9. The standard InChI is InChI=1S/C9H9ClF2O2/c10-5-3-6(11)9(7(12)4-5)8(14)1-2-13/h3-4,8,13-14H,1-2H2. The molecule has 0 radical (unpaired) electrons. The van der Waals surface area contributed by atoms with Gasteiger partial charge in [-0.15, -0.1) is 0 Å². The lowest BCUT2D eigenvalue weighted by Crippen LogP contribution is -2.06. The number of benzene rings is 1. The first kappa shape index (κ1) is 11.4. The fourth-order valence-electron chi connectivity index (χ4n) is 1.14. The molecule has 2 N–H and O–H groups in total. The van der Waals surface area contributed by atoms with E-state index in [0.29, 0.717) is 0 Å². The fraction of sp³-hybridized carbons (Fsp3) is 0.333. The monoisotopic (exact) mass is 222 g/mol. The van der Waals surface area contributed by atoms with Crippen LogP contribution in [0.2, 0.25) is 5.02 Å². The molecule has 0 amide bonds. The van der Waals surface area contributed by atoms with Crippen molar-refractivity contribution in [1.29, 1.82) is 0 Å². The number of halogens is 3. The van der Waals surface area contributed by atoms with E-state index in [2.05, 4.69) is 0 Å². The minimum atomic E-state index is -1.35. The lowest BCUT2D eigenvalue weighted by atomic mass is 10.1. The van der Waals surface area contributed by atoms with Crippen molar-refractivity contribution in [3.63, 3.8) is 0 Å². The Labute approximate surface area is 84.7 Å². The molecule has 1 unspecified atom stereocenters. The van der Waals surface area contributed by atoms with E-state index in [1.807, 2.05) is 0 Å². The fourth-order valence-corrected chi connectivity index (χ4v) is 1.33. The third-order valence-electron chi connectivity index (χ3n) is 1.78. The van der Waals surface area contributed by atoms with E-state index >= 15 is 0 Å². The number of aliphatic hydroxyl groups is 2. The van der Waals surface area contributed by atoms with E-state index in [1.54, 1.807) is 0 Å². The molecule has 0 spiro atoms. The largest absolute Gasteiger partial charge is 0.396 e. The lowest BCUT2D eigenvalue weighted by Gasteiger charge is -2.11. The summed E-state index contributed by atoms with van der Waals surface area (Å²) in [5.74, 6) is -1.81. The average Bonchev–Trinajstić information content (AvgIpc) is 2.01. The summed E-state index contributed by atoms with van der Waals surface area (Å²) in [6.45, 7) is -0.345. The summed E-state index contributed by atoms with van der Waals surface area (Å²) >= 11 is 5.39. The third kappa shape index (κ3) is 2.41. The quantitative estimate of drug-likeness (QED) is 0.822. The molecule has 0 fully saturated rings. The van der Waals surface area contributed by atoms with Crippen molar-refractivity contribution in [3.05, 3.63) is 34.4 Å². The van der Waals surface area contributed by atoms with Crippen LogP contribution < -0.4 is 0 Å². The first-order valence-corrected chi connectivity index (χ1v) is 4.37. The molecule has 0 heterocycles. The molecule has 1 aromatic carbocycles. The van der Waals surface area contributed by atoms with Crippen LogP contribution >= 0.6 is 11.6 Å². The molecule has 5 heteroatoms. The molecule has 0 aliphatic rings. The van der Waals surface area contributed by atoms with Crippen molar-refractivity contribution in [2.24, 2.45) is 0 Å². The van der Waals surface area contributed by atoms with Gasteiger partial charge in [0.2, 0.25) is 0 Å². The van der Waals surface area contributed by atoms with E-state index in [4.69, 9.17) is 16.7 Å². The predicted octanol–water partition coefficient (Wildman–Crippen LogP) is 2.03. The maximum absolute atomic E-state index is 13.1. The highest BCUT2D eigenvalue weighted by Crippen LogP contribution is 2.26. The molecule has 0 aromatic heterocycles. The molecule has 1 aromatic rings. The predicted molar refractivity (Wildman–Crippen MR) is 48.0 cm³/mol. The van der Waals surface area contributed by atoms with Gasteiger partial charge < -0.3 is 10.2 Å². The zero-order valence-electron chi connectivity index (χ0n) is 7.17. The van der Waals surface area contributed by atoms with Crippen molar-refractivity contribution in [2.45, 2.75) is 12.5 Å². The van der Waals surface area contributed by atoms with E-state index < -0.39 is 23.3 Å². The summed E-state index contributed by atoms with van der Waals surface area (Å²) < 4.78 is 26.2. The van der Waals surface area contributed by atoms with Gasteiger partial charge in [0, 0.05) is 18.1 Å². The van der Waals surface area contributed by atoms with Gasteiger partial charge in [-0.2, -0.15) is 0 Å². The number of hydrogen-bond acceptors (Lipinski definition) is 2. The van der Waals surface area contributed by atoms with Gasteiger partial charge in [-0.05, 0) is 12.1 Å². The Kier molecular flexibility index (Phi) is 3.80. The topological polar surface area (TPSA) is 40.5 Å². The molecular formula is C9H9ClF2O2. The van der Waals surface area contributed by atoms with Crippen LogP contribution in [0.4, 0.5) is 8.78 Å². The zero-order valence-corrected chi connectivity index (χ0v) is 7.93. The molecule has 2 nitrogen and oxygen atoms in total. The number of hydrogen-bond donors (Lipinski definition) is 2. The summed E-state index contributed by atoms with van der Waals surface area (Å²) in [4.78, 5) is 0. The lowest BCUT2D eigenvalue weighted by molar-refractivity contribution is 0.127. The van der Waals surface area contributed by atoms with Gasteiger partial charge in [-0.25, -0.2) is 8.78 Å². The highest BCUT2D eigenvalue weighted by Gasteiger charge is 2.18. The van der Waals surface area contributed by atoms with Gasteiger partial charge in [0.1, 0.15) is 11.6 Å². The number of rotatable bonds is 3. The first-order valence-electron chi connectivity index (χ1n) is 3.99. The van der Waals surface area contributed by atoms with E-state index in [1.165, 1.54) is 0 Å². The zero-order chi connectivity index (χ0) is 10.7. The maximum Gasteiger partial charge on any atom is 0.133 e. The maximum atomic E-state index is 13.1. The van der Waals surface area contributed by atoms with Crippen molar-refractivity contribution in [2.75, 3.05) is 6.61 Å². The average molecular weight is 223 g/mol. The van der Waals surface area contributed by atoms with Crippen molar-refractivity contribution in [3.8, 4) is 0 Å². The van der Waals surface area contributed by atoms with Gasteiger partial charge in [0.05, 0.1) is 11.7 Å². The minimum Gasteiger partial charge on any atom is -0.396 e. The van der Waals surface area contributed by atoms with E-state index in [0.717, 1.165) is 12.1 Å². The van der Waals surface area contributed by atoms with Crippen molar-refractivity contribution >= 4 is 11.6 Å². The summed E-state index contributed by atoms with van der Waals surface area (Å²) in [5.41, 5.74) is -0.455. The van der Waals surface area contributed by atoms with E-state index in [9.17, 15) is 13.9 Å². The Morgan fingerprint density at radius 3 is 2.21 bits per heavy atom. The first-order chi connectivity index (χ1) is 6.56. The summed E-state index contributed by atoms with van der Waals surface area (Å²) in [7, 11) is 0. The van der Waals surface area contributed by atoms with Crippen molar-refractivity contribution < 1.29 is 19.0 Å². The molecule has 0 aliphatic heterocycles. The van der Waals surface area contributed by atoms with Crippen LogP contribution in [0, 0.1) is 11.6 Å². The molecule has 1 rings (SSSR count). The molecule has 1 atom stereocenters. The van der Waals surface area contributed by atoms with E-state index in [-0.39, 0.29) is 18.1 Å². The van der Waals surface area contributed by atoms with Crippen LogP contribution in [0.25, 0.3) is 0 Å². The van der Waals surface area contributed by atoms with Crippen LogP contribution in [-0.4, -0.2) is 16.8 Å². The second-order valence-electron chi connectivity index (χ2n) is 2.81. The van der Waals surface area contributed by atoms with Gasteiger partial charge in [0.15, 0.2) is 0 Å². The molecule has 14 heavy (non-hydrogen) atoms. The minimum absolute atomic E-state index is 0.0695. The Hall–Kier alpha value is -0.710. The molecule has 0 bridgehead atoms.